The van der Waals surface area contributed by atoms with E-state index < -0.39 is 11.0 Å². The number of esters is 1. The molecule has 9 heteroatoms. The molecule has 3 aromatic rings. The number of thioether (sulfide) groups is 1. The van der Waals surface area contributed by atoms with Crippen LogP contribution in [0.5, 0.6) is 0 Å². The van der Waals surface area contributed by atoms with Gasteiger partial charge in [0.25, 0.3) is 11.6 Å². The molecule has 0 spiro atoms. The molecule has 0 N–H and O–H groups in total. The number of nitro benzene ring substituents is 1. The molecule has 150 valence electrons. The standard InChI is InChI=1S/C20H19N3O5S/c1-13-3-9-17(10-4-13)29-12-11-18(24)27-14(2)19-21-22-20(28-19)15-5-7-16(8-6-15)23(25)26/h3-10,14H,11-12H2,1-2H3/t14-/m0/s1. The molecule has 1 aromatic heterocycles. The Kier molecular flexibility index (Phi) is 6.61. The van der Waals surface area contributed by atoms with Crippen molar-refractivity contribution in [2.75, 3.05) is 5.75 Å². The third kappa shape index (κ3) is 5.64. The molecule has 0 aliphatic heterocycles. The summed E-state index contributed by atoms with van der Waals surface area (Å²) in [7, 11) is 0. The van der Waals surface area contributed by atoms with Crippen molar-refractivity contribution in [1.82, 2.24) is 10.2 Å². The summed E-state index contributed by atoms with van der Waals surface area (Å²) in [6.07, 6.45) is -0.433. The number of aryl methyl sites for hydroxylation is 1. The van der Waals surface area contributed by atoms with E-state index in [1.807, 2.05) is 31.2 Å². The van der Waals surface area contributed by atoms with Crippen LogP contribution in [0.2, 0.25) is 0 Å². The number of carbonyl (C=O) groups excluding carboxylic acids is 1. The molecule has 0 saturated carbocycles. The molecule has 2 aromatic carbocycles. The van der Waals surface area contributed by atoms with Gasteiger partial charge in [0.05, 0.1) is 11.3 Å². The highest BCUT2D eigenvalue weighted by Gasteiger charge is 2.19. The number of aromatic nitrogens is 2. The molecule has 8 nitrogen and oxygen atoms in total. The second kappa shape index (κ2) is 9.33. The maximum atomic E-state index is 12.1. The number of non-ortho nitro benzene ring substituents is 1. The average molecular weight is 413 g/mol. The molecule has 1 atom stereocenters. The van der Waals surface area contributed by atoms with Crippen LogP contribution in [0.15, 0.2) is 57.8 Å². The molecule has 29 heavy (non-hydrogen) atoms. The SMILES string of the molecule is Cc1ccc(SCCC(=O)O[C@@H](C)c2nnc(-c3ccc([N+](=O)[O-])cc3)o2)cc1. The zero-order chi connectivity index (χ0) is 20.8. The first-order chi connectivity index (χ1) is 13.9. The van der Waals surface area contributed by atoms with Crippen molar-refractivity contribution in [2.24, 2.45) is 0 Å². The molecule has 0 amide bonds. The molecule has 0 aliphatic rings. The Morgan fingerprint density at radius 3 is 2.52 bits per heavy atom. The summed E-state index contributed by atoms with van der Waals surface area (Å²) in [5.74, 6) is 0.616. The molecule has 0 radical (unpaired) electrons. The number of hydrogen-bond donors (Lipinski definition) is 0. The van der Waals surface area contributed by atoms with E-state index in [-0.39, 0.29) is 29.9 Å². The Hall–Kier alpha value is -3.20. The van der Waals surface area contributed by atoms with Crippen LogP contribution < -0.4 is 0 Å². The lowest BCUT2D eigenvalue weighted by molar-refractivity contribution is -0.384. The molecule has 0 bridgehead atoms. The summed E-state index contributed by atoms with van der Waals surface area (Å²) >= 11 is 1.58. The highest BCUT2D eigenvalue weighted by Crippen LogP contribution is 2.25. The van der Waals surface area contributed by atoms with Gasteiger partial charge in [-0.25, -0.2) is 0 Å². The Labute approximate surface area is 171 Å². The van der Waals surface area contributed by atoms with Crippen molar-refractivity contribution in [3.63, 3.8) is 0 Å². The van der Waals surface area contributed by atoms with E-state index in [4.69, 9.17) is 9.15 Å². The van der Waals surface area contributed by atoms with Crippen molar-refractivity contribution in [2.45, 2.75) is 31.3 Å². The van der Waals surface area contributed by atoms with Gasteiger partial charge in [-0.2, -0.15) is 0 Å². The number of nitro groups is 1. The van der Waals surface area contributed by atoms with E-state index in [0.29, 0.717) is 11.3 Å². The van der Waals surface area contributed by atoms with Crippen molar-refractivity contribution in [3.05, 3.63) is 70.1 Å². The Morgan fingerprint density at radius 2 is 1.86 bits per heavy atom. The lowest BCUT2D eigenvalue weighted by Gasteiger charge is -2.09. The first kappa shape index (κ1) is 20.5. The van der Waals surface area contributed by atoms with E-state index >= 15 is 0 Å². The smallest absolute Gasteiger partial charge is 0.307 e. The van der Waals surface area contributed by atoms with E-state index in [1.165, 1.54) is 29.8 Å². The second-order valence-electron chi connectivity index (χ2n) is 6.29. The minimum Gasteiger partial charge on any atom is -0.453 e. The van der Waals surface area contributed by atoms with Gasteiger partial charge in [-0.05, 0) is 38.1 Å². The molecule has 3 rings (SSSR count). The fraction of sp³-hybridized carbons (Fsp3) is 0.250. The first-order valence-electron chi connectivity index (χ1n) is 8.89. The fourth-order valence-corrected chi connectivity index (χ4v) is 3.27. The number of nitrogens with zero attached hydrogens (tertiary/aromatic N) is 3. The maximum Gasteiger partial charge on any atom is 0.307 e. The number of carbonyl (C=O) groups is 1. The minimum atomic E-state index is -0.689. The van der Waals surface area contributed by atoms with Crippen molar-refractivity contribution < 1.29 is 18.9 Å². The van der Waals surface area contributed by atoms with Gasteiger partial charge in [0.15, 0.2) is 6.10 Å². The zero-order valence-corrected chi connectivity index (χ0v) is 16.7. The van der Waals surface area contributed by atoms with Crippen molar-refractivity contribution in [3.8, 4) is 11.5 Å². The van der Waals surface area contributed by atoms with Gasteiger partial charge in [-0.3, -0.25) is 14.9 Å². The summed E-state index contributed by atoms with van der Waals surface area (Å²) in [4.78, 5) is 23.4. The third-order valence-corrected chi connectivity index (χ3v) is 5.03. The summed E-state index contributed by atoms with van der Waals surface area (Å²) in [5.41, 5.74) is 1.71. The van der Waals surface area contributed by atoms with E-state index in [1.54, 1.807) is 18.7 Å². The number of benzene rings is 2. The summed E-state index contributed by atoms with van der Waals surface area (Å²) < 4.78 is 10.9. The van der Waals surface area contributed by atoms with Crippen LogP contribution in [0.3, 0.4) is 0 Å². The van der Waals surface area contributed by atoms with Gasteiger partial charge in [0.1, 0.15) is 0 Å². The molecule has 0 aliphatic carbocycles. The normalized spacial score (nSPS) is 11.8. The average Bonchev–Trinajstić information content (AvgIpc) is 3.20. The number of hydrogen-bond acceptors (Lipinski definition) is 8. The molecule has 0 unspecified atom stereocenters. The molecule has 1 heterocycles. The molecular weight excluding hydrogens is 394 g/mol. The van der Waals surface area contributed by atoms with Crippen LogP contribution in [0.25, 0.3) is 11.5 Å². The van der Waals surface area contributed by atoms with Crippen LogP contribution in [0.1, 0.15) is 30.9 Å². The quantitative estimate of drug-likeness (QED) is 0.225. The first-order valence-corrected chi connectivity index (χ1v) is 9.88. The van der Waals surface area contributed by atoms with Gasteiger partial charge < -0.3 is 9.15 Å². The van der Waals surface area contributed by atoms with E-state index in [2.05, 4.69) is 10.2 Å². The number of rotatable bonds is 8. The van der Waals surface area contributed by atoms with Crippen molar-refractivity contribution in [1.29, 1.82) is 0 Å². The Balaban J connectivity index is 1.51. The van der Waals surface area contributed by atoms with Gasteiger partial charge in [-0.15, -0.1) is 22.0 Å². The topological polar surface area (TPSA) is 108 Å². The Bertz CT molecular complexity index is 986. The summed E-state index contributed by atoms with van der Waals surface area (Å²) in [5, 5.41) is 18.5. The maximum absolute atomic E-state index is 12.1. The van der Waals surface area contributed by atoms with Gasteiger partial charge in [0.2, 0.25) is 5.89 Å². The lowest BCUT2D eigenvalue weighted by Crippen LogP contribution is -2.09. The summed E-state index contributed by atoms with van der Waals surface area (Å²) in [6.45, 7) is 3.68. The largest absolute Gasteiger partial charge is 0.453 e. The molecule has 0 saturated heterocycles. The van der Waals surface area contributed by atoms with E-state index in [9.17, 15) is 14.9 Å². The highest BCUT2D eigenvalue weighted by molar-refractivity contribution is 7.99. The Morgan fingerprint density at radius 1 is 1.17 bits per heavy atom. The number of ether oxygens (including phenoxy) is 1. The van der Waals surface area contributed by atoms with Crippen LogP contribution in [0.4, 0.5) is 5.69 Å². The predicted octanol–water partition coefficient (Wildman–Crippen LogP) is 4.74. The fourth-order valence-electron chi connectivity index (χ4n) is 2.43. The van der Waals surface area contributed by atoms with Crippen LogP contribution in [-0.4, -0.2) is 26.8 Å². The van der Waals surface area contributed by atoms with E-state index in [0.717, 1.165) is 4.90 Å². The van der Waals surface area contributed by atoms with Gasteiger partial charge >= 0.3 is 5.97 Å². The predicted molar refractivity (Wildman–Crippen MR) is 107 cm³/mol. The second-order valence-corrected chi connectivity index (χ2v) is 7.46. The zero-order valence-electron chi connectivity index (χ0n) is 15.9. The minimum absolute atomic E-state index is 0.0284. The van der Waals surface area contributed by atoms with Crippen LogP contribution >= 0.6 is 11.8 Å². The highest BCUT2D eigenvalue weighted by atomic mass is 32.2. The molecule has 0 fully saturated rings. The lowest BCUT2D eigenvalue weighted by atomic mass is 10.2. The summed E-state index contributed by atoms with van der Waals surface area (Å²) in [6, 6.07) is 13.9. The monoisotopic (exact) mass is 413 g/mol. The molecular formula is C20H19N3O5S. The van der Waals surface area contributed by atoms with Gasteiger partial charge in [0, 0.05) is 28.3 Å². The van der Waals surface area contributed by atoms with Crippen LogP contribution in [-0.2, 0) is 9.53 Å². The third-order valence-electron chi connectivity index (χ3n) is 4.02. The van der Waals surface area contributed by atoms with Crippen molar-refractivity contribution >= 4 is 23.4 Å². The van der Waals surface area contributed by atoms with Crippen LogP contribution in [0, 0.1) is 17.0 Å². The van der Waals surface area contributed by atoms with Gasteiger partial charge in [-0.1, -0.05) is 17.7 Å².